The van der Waals surface area contributed by atoms with Crippen LogP contribution < -0.4 is 15.5 Å². The van der Waals surface area contributed by atoms with Crippen LogP contribution >= 0.6 is 21.6 Å². The molecular weight excluding hydrogens is 754 g/mol. The number of hydrogen-bond donors (Lipinski definition) is 2. The van der Waals surface area contributed by atoms with Crippen LogP contribution in [0.2, 0.25) is 47.7 Å². The first kappa shape index (κ1) is 34.3. The predicted octanol–water partition coefficient (Wildman–Crippen LogP) is 11.1. The molecule has 4 unspecified atom stereocenters. The predicted molar refractivity (Wildman–Crippen MR) is 218 cm³/mol. The third kappa shape index (κ3) is 1.61. The Hall–Kier alpha value is -1.74. The number of carbonyl (C=O) groups excluding carboxylic acids is 4. The average Bonchev–Trinajstić information content (AvgIpc) is 4.09. The molecule has 2 N–H and O–H groups in total. The van der Waals surface area contributed by atoms with Gasteiger partial charge < -0.3 is 5.32 Å². The van der Waals surface area contributed by atoms with Crippen LogP contribution in [0.5, 0.6) is 0 Å². The van der Waals surface area contributed by atoms with Crippen molar-refractivity contribution in [2.24, 2.45) is 0 Å². The number of rotatable bonds is 28. The molecule has 11 aliphatic rings. The van der Waals surface area contributed by atoms with Gasteiger partial charge >= 0.3 is 128 Å². The van der Waals surface area contributed by atoms with Gasteiger partial charge in [-0.2, -0.15) is 0 Å². The third-order valence-electron chi connectivity index (χ3n) is 22.9. The molecule has 0 aliphatic carbocycles. The SMILES string of the molecule is O=C(CCCCCCCCCCSSCCCCCCCCCCCNC(=O)c1cccc(N2C(=O)C=CC2=O)c1)NC[C]12[CH]3[CH]4[CH]5[CH]1[Fe]45321678[CH]2[CH]1[CH]6[CH]7[CH]28. The maximum absolute atomic E-state index is 12.7. The zero-order valence-corrected chi connectivity index (χ0v) is 34.7. The standard InChI is InChI=1S/C39H56N3O4S2.C5H5.Fe/c43-36(41-32-33-21-15-16-22-33)25-14-10-6-2-5-9-13-19-30-48-47-29-18-12-8-4-1-3-7-11-17-28-40-39(46)34-23-20-24-35(31-34)42-37(44)26-27-38(42)45;1-2-4-5-3-1;/h15-16,20-24,26-27,31H,1-14,17-19,25,28-30,32H2,(H,40,46)(H,41,43);1-5H;. The van der Waals surface area contributed by atoms with Crippen molar-refractivity contribution in [1.29, 1.82) is 0 Å². The zero-order chi connectivity index (χ0) is 36.7. The van der Waals surface area contributed by atoms with Crippen molar-refractivity contribution >= 4 is 50.9 Å². The van der Waals surface area contributed by atoms with Crippen molar-refractivity contribution in [1.82, 2.24) is 10.6 Å². The molecule has 12 rings (SSSR count). The van der Waals surface area contributed by atoms with Gasteiger partial charge in [0.15, 0.2) is 0 Å². The van der Waals surface area contributed by atoms with Crippen LogP contribution in [-0.2, 0) is 20.9 Å². The van der Waals surface area contributed by atoms with Gasteiger partial charge in [-0.3, -0.25) is 14.4 Å². The molecule has 7 nitrogen and oxygen atoms in total. The van der Waals surface area contributed by atoms with Gasteiger partial charge in [-0.05, 0) is 37.5 Å². The second-order valence-corrected chi connectivity index (χ2v) is 47.5. The number of benzene rings is 1. The molecule has 0 radical (unpaired) electrons. The fourth-order valence-electron chi connectivity index (χ4n) is 22.4. The van der Waals surface area contributed by atoms with Crippen molar-refractivity contribution in [3.63, 3.8) is 0 Å². The number of nitrogens with zero attached hydrogens (tertiary/aromatic N) is 1. The van der Waals surface area contributed by atoms with Crippen molar-refractivity contribution in [3.8, 4) is 0 Å². The molecule has 1 spiro atoms. The molecule has 54 heavy (non-hydrogen) atoms. The number of carbonyl (C=O) groups is 4. The summed E-state index contributed by atoms with van der Waals surface area (Å²) in [4.78, 5) is 62.5. The molecule has 10 fully saturated rings. The van der Waals surface area contributed by atoms with Gasteiger partial charge in [-0.15, -0.1) is 0 Å². The van der Waals surface area contributed by atoms with Crippen LogP contribution in [0.15, 0.2) is 36.4 Å². The van der Waals surface area contributed by atoms with E-state index in [0.717, 1.165) is 34.9 Å². The maximum atomic E-state index is 12.7. The molecule has 4 atom stereocenters. The second-order valence-electron chi connectivity index (χ2n) is 21.2. The molecule has 0 aromatic heterocycles. The first-order chi connectivity index (χ1) is 26.2. The van der Waals surface area contributed by atoms with E-state index >= 15 is 0 Å². The second kappa shape index (κ2) is 7.75. The van der Waals surface area contributed by atoms with E-state index in [0.29, 0.717) is 23.7 Å². The fraction of sp³-hybridized carbons (Fsp3) is 0.727. The van der Waals surface area contributed by atoms with Crippen molar-refractivity contribution in [2.45, 2.75) is 163 Å². The normalized spacial score (nSPS) is 46.7. The molecule has 1 aromatic carbocycles. The van der Waals surface area contributed by atoms with E-state index in [-0.39, 0.29) is 17.7 Å². The third-order valence-corrected chi connectivity index (χ3v) is 68.4. The monoisotopic (exact) mass is 815 g/mol. The van der Waals surface area contributed by atoms with Gasteiger partial charge in [0.25, 0.3) is 17.7 Å². The molecule has 10 heteroatoms. The summed E-state index contributed by atoms with van der Waals surface area (Å²) in [5.74, 6) is 2.02. The number of amides is 4. The van der Waals surface area contributed by atoms with Gasteiger partial charge in [0, 0.05) is 35.8 Å². The van der Waals surface area contributed by atoms with Gasteiger partial charge in [0.05, 0.1) is 5.69 Å². The van der Waals surface area contributed by atoms with E-state index in [1.807, 2.05) is 0 Å². The number of anilines is 1. The summed E-state index contributed by atoms with van der Waals surface area (Å²) in [6.45, 7) is -1.19. The van der Waals surface area contributed by atoms with E-state index < -0.39 is 6.51 Å². The number of fused-ring (bicyclic) bond motifs is 10. The van der Waals surface area contributed by atoms with E-state index in [1.54, 1.807) is 24.3 Å². The first-order valence-electron chi connectivity index (χ1n) is 21.9. The van der Waals surface area contributed by atoms with Crippen LogP contribution in [-0.4, -0.2) is 48.2 Å². The first-order valence-corrected chi connectivity index (χ1v) is 30.7. The molecule has 0 bridgehead atoms. The Morgan fingerprint density at radius 3 is 1.63 bits per heavy atom. The number of nitrogens with one attached hydrogen (secondary N) is 2. The van der Waals surface area contributed by atoms with Crippen LogP contribution in [0.4, 0.5) is 5.69 Å². The molecule has 10 saturated heterocycles. The summed E-state index contributed by atoms with van der Waals surface area (Å²) in [6, 6.07) is 6.66. The molecular formula is C44H61FeN3O4S2. The number of hydrogen-bond acceptors (Lipinski definition) is 6. The summed E-state index contributed by atoms with van der Waals surface area (Å²) >= 11 is 0. The van der Waals surface area contributed by atoms with Crippen LogP contribution in [0.25, 0.3) is 0 Å². The van der Waals surface area contributed by atoms with Gasteiger partial charge in [-0.25, -0.2) is 4.90 Å². The number of unbranched alkanes of at least 4 members (excludes halogenated alkanes) is 15. The quantitative estimate of drug-likeness (QED) is 0.0379. The topological polar surface area (TPSA) is 95.6 Å². The summed E-state index contributed by atoms with van der Waals surface area (Å²) in [5.41, 5.74) is 0.880. The minimum absolute atomic E-state index is 0.175. The molecule has 11 heterocycles. The van der Waals surface area contributed by atoms with Crippen molar-refractivity contribution in [2.75, 3.05) is 29.5 Å². The zero-order valence-electron chi connectivity index (χ0n) is 32.0. The van der Waals surface area contributed by atoms with Crippen molar-refractivity contribution < 1.29 is 25.7 Å². The van der Waals surface area contributed by atoms with Gasteiger partial charge in [0.2, 0.25) is 0 Å². The number of imide groups is 1. The Kier molecular flexibility index (Phi) is 4.92. The van der Waals surface area contributed by atoms with E-state index in [1.165, 1.54) is 163 Å². The Labute approximate surface area is 320 Å². The molecule has 296 valence electrons. The average molecular weight is 816 g/mol. The Balaban J connectivity index is 0.412. The Morgan fingerprint density at radius 2 is 1.13 bits per heavy atom. The fourth-order valence-corrected chi connectivity index (χ4v) is 99.4. The summed E-state index contributed by atoms with van der Waals surface area (Å²) in [6.07, 6.45) is 24.9. The van der Waals surface area contributed by atoms with Crippen molar-refractivity contribution in [3.05, 3.63) is 42.0 Å². The molecule has 1 aromatic rings. The summed E-state index contributed by atoms with van der Waals surface area (Å²) in [7, 11) is 4.14. The molecule has 11 aliphatic heterocycles. The Bertz CT molecular complexity index is 2070. The summed E-state index contributed by atoms with van der Waals surface area (Å²) in [5, 5.41) is 6.52. The van der Waals surface area contributed by atoms with Crippen LogP contribution in [0, 0.1) is 0 Å². The molecule has 4 amide bonds. The van der Waals surface area contributed by atoms with E-state index in [2.05, 4.69) is 32.2 Å². The minimum atomic E-state index is -2.99. The van der Waals surface area contributed by atoms with Gasteiger partial charge in [-0.1, -0.05) is 72.6 Å². The van der Waals surface area contributed by atoms with Crippen LogP contribution in [0.3, 0.4) is 0 Å². The van der Waals surface area contributed by atoms with E-state index in [4.69, 9.17) is 0 Å². The van der Waals surface area contributed by atoms with Crippen LogP contribution in [0.1, 0.15) is 126 Å². The summed E-state index contributed by atoms with van der Waals surface area (Å²) < 4.78 is 0.850. The van der Waals surface area contributed by atoms with Gasteiger partial charge in [0.1, 0.15) is 0 Å². The van der Waals surface area contributed by atoms with E-state index in [9.17, 15) is 19.2 Å². The Morgan fingerprint density at radius 1 is 0.630 bits per heavy atom. The molecule has 0 saturated carbocycles.